The van der Waals surface area contributed by atoms with Crippen LogP contribution >= 0.6 is 34.5 Å². The third-order valence-corrected chi connectivity index (χ3v) is 6.41. The summed E-state index contributed by atoms with van der Waals surface area (Å²) >= 11 is 12.6. The summed E-state index contributed by atoms with van der Waals surface area (Å²) in [5, 5.41) is 0. The lowest BCUT2D eigenvalue weighted by Gasteiger charge is -2.23. The number of hydrogen-bond acceptors (Lipinski definition) is 5. The van der Waals surface area contributed by atoms with Crippen LogP contribution in [0.4, 0.5) is 10.1 Å². The van der Waals surface area contributed by atoms with Crippen molar-refractivity contribution in [3.8, 4) is 0 Å². The first-order valence-corrected chi connectivity index (χ1v) is 9.65. The van der Waals surface area contributed by atoms with E-state index in [-0.39, 0.29) is 25.9 Å². The fraction of sp³-hybridized carbons (Fsp3) is 0.214. The van der Waals surface area contributed by atoms with E-state index in [1.807, 2.05) is 0 Å². The van der Waals surface area contributed by atoms with Crippen molar-refractivity contribution in [2.45, 2.75) is 11.8 Å². The Morgan fingerprint density at radius 2 is 1.92 bits per heavy atom. The lowest BCUT2D eigenvalue weighted by molar-refractivity contribution is -0.141. The van der Waals surface area contributed by atoms with Crippen LogP contribution in [-0.4, -0.2) is 27.5 Å². The van der Waals surface area contributed by atoms with Crippen LogP contribution in [0.1, 0.15) is 6.92 Å². The fourth-order valence-electron chi connectivity index (χ4n) is 1.87. The second-order valence-electron chi connectivity index (χ2n) is 4.48. The number of rotatable bonds is 6. The van der Waals surface area contributed by atoms with E-state index in [2.05, 4.69) is 0 Å². The maximum atomic E-state index is 13.1. The summed E-state index contributed by atoms with van der Waals surface area (Å²) in [7, 11) is -4.19. The molecule has 0 aliphatic rings. The molecule has 10 heteroatoms. The van der Waals surface area contributed by atoms with Gasteiger partial charge in [-0.3, -0.25) is 9.10 Å². The van der Waals surface area contributed by atoms with Crippen molar-refractivity contribution in [2.75, 3.05) is 17.5 Å². The van der Waals surface area contributed by atoms with Gasteiger partial charge in [0, 0.05) is 0 Å². The molecule has 0 fully saturated rings. The minimum absolute atomic E-state index is 0.0315. The first-order valence-electron chi connectivity index (χ1n) is 6.64. The number of esters is 1. The van der Waals surface area contributed by atoms with Crippen LogP contribution in [0.2, 0.25) is 8.67 Å². The molecule has 5 nitrogen and oxygen atoms in total. The van der Waals surface area contributed by atoms with Crippen molar-refractivity contribution in [2.24, 2.45) is 0 Å². The standard InChI is InChI=1S/C14H12Cl2FNO4S2/c1-2-22-13(19)8-18(10-5-3-9(17)4-6-10)24(20,21)11-7-12(15)23-14(11)16/h3-7H,2,8H2,1H3. The van der Waals surface area contributed by atoms with Gasteiger partial charge in [-0.1, -0.05) is 23.2 Å². The van der Waals surface area contributed by atoms with Crippen molar-refractivity contribution in [3.63, 3.8) is 0 Å². The Bertz CT molecular complexity index is 837. The average molecular weight is 412 g/mol. The van der Waals surface area contributed by atoms with Gasteiger partial charge in [0.15, 0.2) is 0 Å². The molecule has 0 aliphatic heterocycles. The maximum Gasteiger partial charge on any atom is 0.326 e. The summed E-state index contributed by atoms with van der Waals surface area (Å²) in [6.45, 7) is 1.12. The highest BCUT2D eigenvalue weighted by molar-refractivity contribution is 7.93. The monoisotopic (exact) mass is 411 g/mol. The Labute approximate surface area is 152 Å². The molecule has 0 aliphatic carbocycles. The van der Waals surface area contributed by atoms with E-state index in [4.69, 9.17) is 27.9 Å². The predicted molar refractivity (Wildman–Crippen MR) is 91.9 cm³/mol. The predicted octanol–water partition coefficient (Wildman–Crippen LogP) is 3.95. The quantitative estimate of drug-likeness (QED) is 0.674. The van der Waals surface area contributed by atoms with E-state index in [9.17, 15) is 17.6 Å². The van der Waals surface area contributed by atoms with Crippen LogP contribution in [0.5, 0.6) is 0 Å². The molecular formula is C14H12Cl2FNO4S2. The van der Waals surface area contributed by atoms with Crippen molar-refractivity contribution in [3.05, 3.63) is 44.8 Å². The van der Waals surface area contributed by atoms with Gasteiger partial charge in [0.1, 0.15) is 21.6 Å². The van der Waals surface area contributed by atoms with Crippen molar-refractivity contribution < 1.29 is 22.3 Å². The molecule has 0 bridgehead atoms. The molecule has 130 valence electrons. The van der Waals surface area contributed by atoms with Crippen LogP contribution in [-0.2, 0) is 19.6 Å². The van der Waals surface area contributed by atoms with Gasteiger partial charge in [-0.25, -0.2) is 12.8 Å². The maximum absolute atomic E-state index is 13.1. The van der Waals surface area contributed by atoms with Crippen LogP contribution in [0, 0.1) is 5.82 Å². The van der Waals surface area contributed by atoms with Gasteiger partial charge in [-0.15, -0.1) is 11.3 Å². The smallest absolute Gasteiger partial charge is 0.326 e. The zero-order chi connectivity index (χ0) is 17.9. The van der Waals surface area contributed by atoms with E-state index in [0.717, 1.165) is 27.8 Å². The largest absolute Gasteiger partial charge is 0.465 e. The number of ether oxygens (including phenoxy) is 1. The molecule has 0 spiro atoms. The topological polar surface area (TPSA) is 63.7 Å². The van der Waals surface area contributed by atoms with Gasteiger partial charge in [-0.05, 0) is 37.3 Å². The summed E-state index contributed by atoms with van der Waals surface area (Å²) < 4.78 is 44.6. The second kappa shape index (κ2) is 7.69. The summed E-state index contributed by atoms with van der Waals surface area (Å²) in [5.74, 6) is -1.29. The molecule has 0 radical (unpaired) electrons. The Hall–Kier alpha value is -1.35. The number of carbonyl (C=O) groups is 1. The molecular weight excluding hydrogens is 400 g/mol. The molecule has 0 saturated heterocycles. The summed E-state index contributed by atoms with van der Waals surface area (Å²) in [4.78, 5) is 11.6. The summed E-state index contributed by atoms with van der Waals surface area (Å²) in [5.41, 5.74) is 0.0999. The molecule has 0 amide bonds. The van der Waals surface area contributed by atoms with E-state index in [1.165, 1.54) is 18.2 Å². The zero-order valence-electron chi connectivity index (χ0n) is 12.3. The number of thiophene rings is 1. The van der Waals surface area contributed by atoms with Gasteiger partial charge in [0.25, 0.3) is 10.0 Å². The third-order valence-electron chi connectivity index (χ3n) is 2.89. The normalized spacial score (nSPS) is 11.3. The molecule has 2 aromatic rings. The SMILES string of the molecule is CCOC(=O)CN(c1ccc(F)cc1)S(=O)(=O)c1cc(Cl)sc1Cl. The highest BCUT2D eigenvalue weighted by Gasteiger charge is 2.31. The molecule has 0 saturated carbocycles. The molecule has 2 rings (SSSR count). The van der Waals surface area contributed by atoms with Crippen LogP contribution < -0.4 is 4.31 Å². The number of carbonyl (C=O) groups excluding carboxylic acids is 1. The van der Waals surface area contributed by atoms with Crippen LogP contribution in [0.25, 0.3) is 0 Å². The first-order chi connectivity index (χ1) is 11.3. The van der Waals surface area contributed by atoms with Gasteiger partial charge >= 0.3 is 5.97 Å². The molecule has 1 aromatic carbocycles. The van der Waals surface area contributed by atoms with Crippen molar-refractivity contribution in [1.29, 1.82) is 0 Å². The Kier molecular flexibility index (Phi) is 6.08. The number of anilines is 1. The minimum atomic E-state index is -4.19. The lowest BCUT2D eigenvalue weighted by atomic mass is 10.3. The fourth-order valence-corrected chi connectivity index (χ4v) is 5.39. The van der Waals surface area contributed by atoms with Gasteiger partial charge in [0.05, 0.1) is 16.6 Å². The van der Waals surface area contributed by atoms with Gasteiger partial charge < -0.3 is 4.74 Å². The number of halogens is 3. The van der Waals surface area contributed by atoms with E-state index in [1.54, 1.807) is 6.92 Å². The Morgan fingerprint density at radius 3 is 2.42 bits per heavy atom. The molecule has 24 heavy (non-hydrogen) atoms. The van der Waals surface area contributed by atoms with Crippen LogP contribution in [0.3, 0.4) is 0 Å². The molecule has 1 heterocycles. The number of hydrogen-bond donors (Lipinski definition) is 0. The molecule has 0 unspecified atom stereocenters. The lowest BCUT2D eigenvalue weighted by Crippen LogP contribution is -2.36. The second-order valence-corrected chi connectivity index (χ2v) is 8.60. The average Bonchev–Trinajstić information content (AvgIpc) is 2.85. The van der Waals surface area contributed by atoms with Crippen LogP contribution in [0.15, 0.2) is 35.2 Å². The highest BCUT2D eigenvalue weighted by atomic mass is 35.5. The van der Waals surface area contributed by atoms with E-state index >= 15 is 0 Å². The van der Waals surface area contributed by atoms with E-state index in [0.29, 0.717) is 0 Å². The van der Waals surface area contributed by atoms with Gasteiger partial charge in [0.2, 0.25) is 0 Å². The molecule has 0 N–H and O–H groups in total. The first kappa shape index (κ1) is 19.0. The zero-order valence-corrected chi connectivity index (χ0v) is 15.5. The molecule has 1 aromatic heterocycles. The van der Waals surface area contributed by atoms with Crippen molar-refractivity contribution >= 4 is 56.2 Å². The number of benzene rings is 1. The summed E-state index contributed by atoms with van der Waals surface area (Å²) in [6.07, 6.45) is 0. The highest BCUT2D eigenvalue weighted by Crippen LogP contribution is 2.37. The molecule has 0 atom stereocenters. The van der Waals surface area contributed by atoms with Gasteiger partial charge in [-0.2, -0.15) is 0 Å². The van der Waals surface area contributed by atoms with E-state index < -0.39 is 28.4 Å². The number of nitrogens with zero attached hydrogens (tertiary/aromatic N) is 1. The Morgan fingerprint density at radius 1 is 1.29 bits per heavy atom. The van der Waals surface area contributed by atoms with Crippen molar-refractivity contribution in [1.82, 2.24) is 0 Å². The third kappa shape index (κ3) is 4.18. The Balaban J connectivity index is 2.50. The minimum Gasteiger partial charge on any atom is -0.465 e. The number of sulfonamides is 1. The summed E-state index contributed by atoms with van der Waals surface area (Å²) in [6, 6.07) is 5.87.